The van der Waals surface area contributed by atoms with Crippen LogP contribution in [0.15, 0.2) is 42.0 Å². The molecule has 0 aromatic heterocycles. The van der Waals surface area contributed by atoms with Gasteiger partial charge >= 0.3 is 11.9 Å². The molecule has 2 aromatic carbocycles. The van der Waals surface area contributed by atoms with Crippen molar-refractivity contribution in [2.75, 3.05) is 14.2 Å². The predicted molar refractivity (Wildman–Crippen MR) is 129 cm³/mol. The third-order valence-electron chi connectivity index (χ3n) is 6.15. The number of phenols is 1. The number of rotatable bonds is 10. The second kappa shape index (κ2) is 11.6. The lowest BCUT2D eigenvalue weighted by Crippen LogP contribution is -2.43. The fourth-order valence-corrected chi connectivity index (χ4v) is 4.17. The molecular weight excluding hydrogens is 450 g/mol. The van der Waals surface area contributed by atoms with Gasteiger partial charge in [-0.1, -0.05) is 42.0 Å². The van der Waals surface area contributed by atoms with E-state index in [1.165, 1.54) is 14.2 Å². The second-order valence-corrected chi connectivity index (χ2v) is 8.50. The molecule has 2 aromatic rings. The highest BCUT2D eigenvalue weighted by atomic mass is 16.5. The lowest BCUT2D eigenvalue weighted by atomic mass is 9.94. The van der Waals surface area contributed by atoms with Crippen LogP contribution in [0.2, 0.25) is 0 Å². The molecule has 35 heavy (non-hydrogen) atoms. The van der Waals surface area contributed by atoms with Crippen molar-refractivity contribution in [3.05, 3.63) is 69.8 Å². The summed E-state index contributed by atoms with van der Waals surface area (Å²) in [4.78, 5) is 36.8. The summed E-state index contributed by atoms with van der Waals surface area (Å²) in [5.41, 5.74) is 3.93. The molecule has 8 nitrogen and oxygen atoms in total. The van der Waals surface area contributed by atoms with Crippen molar-refractivity contribution in [3.8, 4) is 11.5 Å². The van der Waals surface area contributed by atoms with E-state index < -0.39 is 18.0 Å². The number of carbonyl (C=O) groups excluding carboxylic acids is 3. The van der Waals surface area contributed by atoms with Crippen molar-refractivity contribution in [3.63, 3.8) is 0 Å². The molecule has 1 aliphatic rings. The summed E-state index contributed by atoms with van der Waals surface area (Å²) in [7, 11) is 2.81. The quantitative estimate of drug-likeness (QED) is 0.394. The number of nitrogens with one attached hydrogen (secondary N) is 1. The minimum absolute atomic E-state index is 0.116. The van der Waals surface area contributed by atoms with Gasteiger partial charge in [0.2, 0.25) is 5.91 Å². The number of esters is 2. The molecule has 1 unspecified atom stereocenters. The number of allylic oxidation sites excluding steroid dienone is 2. The number of aromatic hydroxyl groups is 1. The molecule has 0 bridgehead atoms. The van der Waals surface area contributed by atoms with Gasteiger partial charge in [0.25, 0.3) is 0 Å². The van der Waals surface area contributed by atoms with Crippen LogP contribution >= 0.6 is 0 Å². The molecule has 0 saturated carbocycles. The number of fused-ring (bicyclic) bond motifs is 1. The third-order valence-corrected chi connectivity index (χ3v) is 6.15. The summed E-state index contributed by atoms with van der Waals surface area (Å²) in [5, 5.41) is 13.5. The first-order valence-corrected chi connectivity index (χ1v) is 11.4. The zero-order valence-electron chi connectivity index (χ0n) is 20.5. The van der Waals surface area contributed by atoms with E-state index in [9.17, 15) is 19.5 Å². The van der Waals surface area contributed by atoms with Gasteiger partial charge in [0.15, 0.2) is 0 Å². The molecule has 0 saturated heterocycles. The minimum atomic E-state index is -0.769. The Hall–Kier alpha value is -3.81. The molecular formula is C27H31NO7. The van der Waals surface area contributed by atoms with Crippen LogP contribution in [-0.4, -0.2) is 43.2 Å². The van der Waals surface area contributed by atoms with Crippen LogP contribution in [-0.2, 0) is 38.5 Å². The first-order valence-electron chi connectivity index (χ1n) is 11.4. The van der Waals surface area contributed by atoms with Crippen molar-refractivity contribution in [2.45, 2.75) is 52.2 Å². The van der Waals surface area contributed by atoms with Gasteiger partial charge < -0.3 is 24.6 Å². The van der Waals surface area contributed by atoms with E-state index in [1.807, 2.05) is 50.3 Å². The molecule has 0 aliphatic carbocycles. The zero-order chi connectivity index (χ0) is 25.5. The predicted octanol–water partition coefficient (Wildman–Crippen LogP) is 3.55. The van der Waals surface area contributed by atoms with E-state index >= 15 is 0 Å². The normalized spacial score (nSPS) is 13.6. The van der Waals surface area contributed by atoms with Crippen molar-refractivity contribution in [1.29, 1.82) is 0 Å². The lowest BCUT2D eigenvalue weighted by molar-refractivity contribution is -0.145. The number of cyclic esters (lactones) is 1. The van der Waals surface area contributed by atoms with Gasteiger partial charge in [-0.3, -0.25) is 4.79 Å². The molecule has 1 amide bonds. The number of carbonyl (C=O) groups is 3. The number of methoxy groups -OCH3 is 2. The molecule has 186 valence electrons. The Morgan fingerprint density at radius 1 is 1.20 bits per heavy atom. The SMILES string of the molecule is COC(=O)C(Cc1ccccc1)NC(=O)CC/C(C)=C/Cc1c(O)c2c(c(C)c1OC)COC2=O. The maximum absolute atomic E-state index is 12.5. The van der Waals surface area contributed by atoms with E-state index in [2.05, 4.69) is 5.32 Å². The Bertz CT molecular complexity index is 1140. The summed E-state index contributed by atoms with van der Waals surface area (Å²) >= 11 is 0. The first-order chi connectivity index (χ1) is 16.8. The molecule has 3 rings (SSSR count). The number of hydrogen-bond acceptors (Lipinski definition) is 7. The number of benzene rings is 2. The van der Waals surface area contributed by atoms with Crippen LogP contribution in [0.1, 0.15) is 52.4 Å². The van der Waals surface area contributed by atoms with Crippen LogP contribution in [0.25, 0.3) is 0 Å². The number of hydrogen-bond donors (Lipinski definition) is 2. The summed E-state index contributed by atoms with van der Waals surface area (Å²) < 4.78 is 15.4. The number of amides is 1. The topological polar surface area (TPSA) is 111 Å². The molecule has 0 spiro atoms. The van der Waals surface area contributed by atoms with Crippen LogP contribution in [0.5, 0.6) is 11.5 Å². The number of ether oxygens (including phenoxy) is 3. The Morgan fingerprint density at radius 2 is 1.91 bits per heavy atom. The summed E-state index contributed by atoms with van der Waals surface area (Å²) in [6, 6.07) is 8.64. The van der Waals surface area contributed by atoms with Crippen LogP contribution < -0.4 is 10.1 Å². The molecule has 2 N–H and O–H groups in total. The van der Waals surface area contributed by atoms with Gasteiger partial charge in [-0.25, -0.2) is 9.59 Å². The van der Waals surface area contributed by atoms with E-state index in [1.54, 1.807) is 0 Å². The maximum atomic E-state index is 12.5. The molecule has 1 aliphatic heterocycles. The van der Waals surface area contributed by atoms with E-state index in [4.69, 9.17) is 14.2 Å². The van der Waals surface area contributed by atoms with Gasteiger partial charge in [-0.15, -0.1) is 0 Å². The molecule has 1 heterocycles. The Labute approximate surface area is 204 Å². The van der Waals surface area contributed by atoms with Crippen molar-refractivity contribution >= 4 is 17.8 Å². The minimum Gasteiger partial charge on any atom is -0.507 e. The Balaban J connectivity index is 1.64. The van der Waals surface area contributed by atoms with E-state index in [0.717, 1.165) is 16.7 Å². The van der Waals surface area contributed by atoms with Crippen LogP contribution in [0.4, 0.5) is 0 Å². The molecule has 0 radical (unpaired) electrons. The lowest BCUT2D eigenvalue weighted by Gasteiger charge is -2.17. The standard InChI is InChI=1S/C27H31NO7/c1-16(10-12-19-24(30)23-20(15-35-27(23)32)17(2)25(19)33-3)11-13-22(29)28-21(26(31)34-4)14-18-8-6-5-7-9-18/h5-10,21,30H,11-15H2,1-4H3,(H,28,29)/b16-10+. The van der Waals surface area contributed by atoms with Crippen LogP contribution in [0.3, 0.4) is 0 Å². The largest absolute Gasteiger partial charge is 0.507 e. The van der Waals surface area contributed by atoms with Gasteiger partial charge in [0.1, 0.15) is 29.7 Å². The fraction of sp³-hybridized carbons (Fsp3) is 0.370. The average Bonchev–Trinajstić information content (AvgIpc) is 3.25. The third kappa shape index (κ3) is 6.01. The van der Waals surface area contributed by atoms with E-state index in [0.29, 0.717) is 36.1 Å². The Morgan fingerprint density at radius 3 is 2.57 bits per heavy atom. The average molecular weight is 482 g/mol. The highest BCUT2D eigenvalue weighted by Crippen LogP contribution is 2.42. The highest BCUT2D eigenvalue weighted by molar-refractivity contribution is 5.98. The van der Waals surface area contributed by atoms with Gasteiger partial charge in [0.05, 0.1) is 14.2 Å². The summed E-state index contributed by atoms with van der Waals surface area (Å²) in [6.45, 7) is 3.83. The highest BCUT2D eigenvalue weighted by Gasteiger charge is 2.31. The van der Waals surface area contributed by atoms with Gasteiger partial charge in [-0.05, 0) is 37.8 Å². The van der Waals surface area contributed by atoms with E-state index in [-0.39, 0.29) is 30.2 Å². The second-order valence-electron chi connectivity index (χ2n) is 8.50. The molecule has 0 fully saturated rings. The molecule has 1 atom stereocenters. The van der Waals surface area contributed by atoms with Gasteiger partial charge in [-0.2, -0.15) is 0 Å². The smallest absolute Gasteiger partial charge is 0.342 e. The van der Waals surface area contributed by atoms with Gasteiger partial charge in [0, 0.05) is 24.0 Å². The van der Waals surface area contributed by atoms with Crippen molar-refractivity contribution in [2.24, 2.45) is 0 Å². The molecule has 8 heteroatoms. The summed E-state index contributed by atoms with van der Waals surface area (Å²) in [6.07, 6.45) is 3.19. The van der Waals surface area contributed by atoms with Crippen LogP contribution in [0, 0.1) is 6.92 Å². The first kappa shape index (κ1) is 25.8. The fourth-order valence-electron chi connectivity index (χ4n) is 4.17. The van der Waals surface area contributed by atoms with Crippen molar-refractivity contribution in [1.82, 2.24) is 5.32 Å². The maximum Gasteiger partial charge on any atom is 0.342 e. The zero-order valence-corrected chi connectivity index (χ0v) is 20.5. The Kier molecular flexibility index (Phi) is 8.52. The van der Waals surface area contributed by atoms with Crippen molar-refractivity contribution < 1.29 is 33.7 Å². The monoisotopic (exact) mass is 481 g/mol. The number of phenolic OH excluding ortho intramolecular Hbond substituents is 1. The summed E-state index contributed by atoms with van der Waals surface area (Å²) in [5.74, 6) is -0.919.